The lowest BCUT2D eigenvalue weighted by Gasteiger charge is -2.19. The molecular weight excluding hydrogens is 298 g/mol. The van der Waals surface area contributed by atoms with E-state index in [2.05, 4.69) is 20.9 Å². The van der Waals surface area contributed by atoms with E-state index < -0.39 is 0 Å². The van der Waals surface area contributed by atoms with Gasteiger partial charge in [0.2, 0.25) is 0 Å². The average Bonchev–Trinajstić information content (AvgIpc) is 3.13. The molecule has 0 radical (unpaired) electrons. The molecule has 5 nitrogen and oxygen atoms in total. The quantitative estimate of drug-likeness (QED) is 0.777. The van der Waals surface area contributed by atoms with E-state index in [1.54, 1.807) is 0 Å². The van der Waals surface area contributed by atoms with Crippen LogP contribution in [0.3, 0.4) is 0 Å². The maximum absolute atomic E-state index is 12.1. The molecule has 0 fully saturated rings. The van der Waals surface area contributed by atoms with E-state index >= 15 is 0 Å². The summed E-state index contributed by atoms with van der Waals surface area (Å²) in [4.78, 5) is 21.6. The number of para-hydroxylation sites is 1. The van der Waals surface area contributed by atoms with E-state index in [0.717, 1.165) is 23.3 Å². The van der Waals surface area contributed by atoms with Crippen LogP contribution in [0.4, 0.5) is 5.69 Å². The van der Waals surface area contributed by atoms with Gasteiger partial charge in [-0.1, -0.05) is 18.2 Å². The molecule has 0 spiro atoms. The number of thiophene rings is 1. The molecule has 1 atom stereocenters. The lowest BCUT2D eigenvalue weighted by molar-refractivity contribution is 0.270. The molecule has 3 aromatic rings. The van der Waals surface area contributed by atoms with Crippen LogP contribution in [0.1, 0.15) is 17.3 Å². The van der Waals surface area contributed by atoms with Gasteiger partial charge in [0.25, 0.3) is 5.56 Å². The van der Waals surface area contributed by atoms with Gasteiger partial charge in [-0.3, -0.25) is 4.79 Å². The number of anilines is 1. The summed E-state index contributed by atoms with van der Waals surface area (Å²) in [5, 5.41) is 11.4. The molecule has 0 aliphatic carbocycles. The molecule has 2 N–H and O–H groups in total. The topological polar surface area (TPSA) is 69.2 Å². The first kappa shape index (κ1) is 13.5. The van der Waals surface area contributed by atoms with Crippen molar-refractivity contribution in [3.63, 3.8) is 0 Å². The Hall–Kier alpha value is -2.18. The predicted molar refractivity (Wildman–Crippen MR) is 87.6 cm³/mol. The largest absolute Gasteiger partial charge is 0.396 e. The second kappa shape index (κ2) is 5.23. The lowest BCUT2D eigenvalue weighted by Crippen LogP contribution is -2.25. The Morgan fingerprint density at radius 1 is 1.36 bits per heavy atom. The van der Waals surface area contributed by atoms with Gasteiger partial charge < -0.3 is 15.0 Å². The summed E-state index contributed by atoms with van der Waals surface area (Å²) >= 11 is 1.41. The molecule has 6 heteroatoms. The first-order chi connectivity index (χ1) is 10.8. The minimum absolute atomic E-state index is 0.0822. The highest BCUT2D eigenvalue weighted by molar-refractivity contribution is 7.17. The second-order valence-corrected chi connectivity index (χ2v) is 6.38. The SMILES string of the molecule is O=c1[nH]c(CN2CC(CO)c3ccccc32)nc2ccsc12. The van der Waals surface area contributed by atoms with Gasteiger partial charge in [-0.15, -0.1) is 11.3 Å². The maximum Gasteiger partial charge on any atom is 0.268 e. The average molecular weight is 313 g/mol. The van der Waals surface area contributed by atoms with Gasteiger partial charge in [0.1, 0.15) is 10.5 Å². The highest BCUT2D eigenvalue weighted by Crippen LogP contribution is 2.36. The van der Waals surface area contributed by atoms with Crippen LogP contribution in [0.5, 0.6) is 0 Å². The number of nitrogens with zero attached hydrogens (tertiary/aromatic N) is 2. The minimum Gasteiger partial charge on any atom is -0.396 e. The maximum atomic E-state index is 12.1. The number of rotatable bonds is 3. The Kier molecular flexibility index (Phi) is 3.20. The fourth-order valence-corrected chi connectivity index (χ4v) is 3.79. The van der Waals surface area contributed by atoms with Gasteiger partial charge in [0.15, 0.2) is 0 Å². The van der Waals surface area contributed by atoms with Crippen LogP contribution in [0.25, 0.3) is 10.2 Å². The van der Waals surface area contributed by atoms with E-state index in [4.69, 9.17) is 0 Å². The number of H-pyrrole nitrogens is 1. The number of aromatic amines is 1. The molecule has 1 aliphatic heterocycles. The molecule has 0 amide bonds. The number of aromatic nitrogens is 2. The van der Waals surface area contributed by atoms with E-state index in [0.29, 0.717) is 17.1 Å². The number of benzene rings is 1. The molecule has 1 aliphatic rings. The zero-order chi connectivity index (χ0) is 15.1. The van der Waals surface area contributed by atoms with E-state index in [1.165, 1.54) is 11.3 Å². The lowest BCUT2D eigenvalue weighted by atomic mass is 10.0. The summed E-state index contributed by atoms with van der Waals surface area (Å²) in [6.45, 7) is 1.40. The summed E-state index contributed by atoms with van der Waals surface area (Å²) in [6.07, 6.45) is 0. The van der Waals surface area contributed by atoms with Crippen LogP contribution in [-0.2, 0) is 6.54 Å². The summed E-state index contributed by atoms with van der Waals surface area (Å²) in [6, 6.07) is 9.94. The van der Waals surface area contributed by atoms with Crippen molar-refractivity contribution in [2.24, 2.45) is 0 Å². The fourth-order valence-electron chi connectivity index (χ4n) is 3.07. The molecule has 1 unspecified atom stereocenters. The van der Waals surface area contributed by atoms with Gasteiger partial charge in [0.05, 0.1) is 18.7 Å². The van der Waals surface area contributed by atoms with Gasteiger partial charge in [-0.05, 0) is 23.1 Å². The molecule has 3 heterocycles. The molecule has 112 valence electrons. The van der Waals surface area contributed by atoms with E-state index in [1.807, 2.05) is 29.6 Å². The number of hydrogen-bond acceptors (Lipinski definition) is 5. The van der Waals surface area contributed by atoms with E-state index in [-0.39, 0.29) is 18.1 Å². The molecular formula is C16H15N3O2S. The highest BCUT2D eigenvalue weighted by atomic mass is 32.1. The van der Waals surface area contributed by atoms with Crippen LogP contribution < -0.4 is 10.5 Å². The smallest absolute Gasteiger partial charge is 0.268 e. The Labute approximate surface area is 130 Å². The van der Waals surface area contributed by atoms with Crippen molar-refractivity contribution in [2.45, 2.75) is 12.5 Å². The third-order valence-electron chi connectivity index (χ3n) is 4.08. The number of hydrogen-bond donors (Lipinski definition) is 2. The third kappa shape index (κ3) is 2.12. The first-order valence-corrected chi connectivity index (χ1v) is 8.05. The molecule has 0 saturated carbocycles. The van der Waals surface area contributed by atoms with Crippen LogP contribution in [0, 0.1) is 0 Å². The number of fused-ring (bicyclic) bond motifs is 2. The number of aliphatic hydroxyl groups is 1. The standard InChI is InChI=1S/C16H15N3O2S/c20-9-10-7-19(13-4-2-1-3-11(10)13)8-14-17-12-5-6-22-15(12)16(21)18-14/h1-6,10,20H,7-9H2,(H,17,18,21). The zero-order valence-corrected chi connectivity index (χ0v) is 12.6. The zero-order valence-electron chi connectivity index (χ0n) is 11.8. The van der Waals surface area contributed by atoms with Crippen molar-refractivity contribution in [1.82, 2.24) is 9.97 Å². The summed E-state index contributed by atoms with van der Waals surface area (Å²) in [5.74, 6) is 0.775. The van der Waals surface area contributed by atoms with Crippen molar-refractivity contribution >= 4 is 27.2 Å². The molecule has 4 rings (SSSR count). The van der Waals surface area contributed by atoms with Gasteiger partial charge in [-0.2, -0.15) is 0 Å². The molecule has 2 aromatic heterocycles. The van der Waals surface area contributed by atoms with E-state index in [9.17, 15) is 9.90 Å². The summed E-state index contributed by atoms with van der Waals surface area (Å²) < 4.78 is 0.666. The Morgan fingerprint density at radius 3 is 3.09 bits per heavy atom. The highest BCUT2D eigenvalue weighted by Gasteiger charge is 2.28. The summed E-state index contributed by atoms with van der Waals surface area (Å²) in [5.41, 5.74) is 2.93. The van der Waals surface area contributed by atoms with Crippen LogP contribution in [0.15, 0.2) is 40.5 Å². The van der Waals surface area contributed by atoms with Crippen LogP contribution >= 0.6 is 11.3 Å². The Morgan fingerprint density at radius 2 is 2.23 bits per heavy atom. The van der Waals surface area contributed by atoms with Gasteiger partial charge >= 0.3 is 0 Å². The molecule has 22 heavy (non-hydrogen) atoms. The second-order valence-electron chi connectivity index (χ2n) is 5.47. The Bertz CT molecular complexity index is 886. The molecule has 1 aromatic carbocycles. The first-order valence-electron chi connectivity index (χ1n) is 7.17. The van der Waals surface area contributed by atoms with Gasteiger partial charge in [-0.25, -0.2) is 4.98 Å². The van der Waals surface area contributed by atoms with Crippen molar-refractivity contribution in [2.75, 3.05) is 18.1 Å². The number of aliphatic hydroxyl groups excluding tert-OH is 1. The fraction of sp³-hybridized carbons (Fsp3) is 0.250. The normalized spacial score (nSPS) is 17.1. The van der Waals surface area contributed by atoms with Crippen molar-refractivity contribution in [3.05, 3.63) is 57.5 Å². The van der Waals surface area contributed by atoms with Crippen molar-refractivity contribution < 1.29 is 5.11 Å². The predicted octanol–water partition coefficient (Wildman–Crippen LogP) is 2.08. The van der Waals surface area contributed by atoms with Crippen LogP contribution in [-0.4, -0.2) is 28.2 Å². The van der Waals surface area contributed by atoms with Crippen molar-refractivity contribution in [3.8, 4) is 0 Å². The summed E-state index contributed by atoms with van der Waals surface area (Å²) in [7, 11) is 0. The third-order valence-corrected chi connectivity index (χ3v) is 4.99. The van der Waals surface area contributed by atoms with Gasteiger partial charge in [0, 0.05) is 18.2 Å². The minimum atomic E-state index is -0.0822. The van der Waals surface area contributed by atoms with Crippen molar-refractivity contribution in [1.29, 1.82) is 0 Å². The number of nitrogens with one attached hydrogen (secondary N) is 1. The molecule has 0 saturated heterocycles. The van der Waals surface area contributed by atoms with Crippen LogP contribution in [0.2, 0.25) is 0 Å². The monoisotopic (exact) mass is 313 g/mol. The molecule has 0 bridgehead atoms. The Balaban J connectivity index is 1.70.